The highest BCUT2D eigenvalue weighted by Crippen LogP contribution is 2.22. The Hall–Kier alpha value is -1.29. The standard InChI is InChI=1S/C10H9FN2S/c1-6-9(13-10(14)12-6)7-2-4-8(11)5-3-7/h2-5H,1H3,(H2,12,13,14). The molecule has 0 fully saturated rings. The third kappa shape index (κ3) is 1.65. The summed E-state index contributed by atoms with van der Waals surface area (Å²) in [7, 11) is 0. The van der Waals surface area contributed by atoms with E-state index in [1.807, 2.05) is 6.92 Å². The van der Waals surface area contributed by atoms with Crippen molar-refractivity contribution in [3.05, 3.63) is 35.8 Å². The second-order valence-corrected chi connectivity index (χ2v) is 3.46. The lowest BCUT2D eigenvalue weighted by Gasteiger charge is -1.97. The summed E-state index contributed by atoms with van der Waals surface area (Å²) in [6.07, 6.45) is 0. The van der Waals surface area contributed by atoms with Crippen LogP contribution >= 0.6 is 12.6 Å². The highest BCUT2D eigenvalue weighted by molar-refractivity contribution is 7.80. The molecule has 0 radical (unpaired) electrons. The molecule has 1 aromatic heterocycles. The molecule has 4 heteroatoms. The molecule has 0 spiro atoms. The molecule has 2 rings (SSSR count). The molecule has 0 bridgehead atoms. The largest absolute Gasteiger partial charge is 0.337 e. The minimum Gasteiger partial charge on any atom is -0.337 e. The first-order chi connectivity index (χ1) is 6.66. The average Bonchev–Trinajstić information content (AvgIpc) is 2.47. The second-order valence-electron chi connectivity index (χ2n) is 3.04. The Labute approximate surface area is 86.6 Å². The third-order valence-corrected chi connectivity index (χ3v) is 2.20. The molecule has 2 aromatic rings. The Morgan fingerprint density at radius 2 is 1.93 bits per heavy atom. The van der Waals surface area contributed by atoms with Crippen LogP contribution in [0.1, 0.15) is 5.69 Å². The highest BCUT2D eigenvalue weighted by Gasteiger charge is 2.06. The predicted molar refractivity (Wildman–Crippen MR) is 56.0 cm³/mol. The number of aromatic nitrogens is 2. The number of aryl methyl sites for hydroxylation is 1. The summed E-state index contributed by atoms with van der Waals surface area (Å²) in [4.78, 5) is 7.18. The average molecular weight is 208 g/mol. The number of thiol groups is 1. The summed E-state index contributed by atoms with van der Waals surface area (Å²) < 4.78 is 12.7. The van der Waals surface area contributed by atoms with Gasteiger partial charge in [-0.25, -0.2) is 9.37 Å². The maximum Gasteiger partial charge on any atom is 0.163 e. The van der Waals surface area contributed by atoms with Crippen LogP contribution < -0.4 is 0 Å². The van der Waals surface area contributed by atoms with Gasteiger partial charge >= 0.3 is 0 Å². The lowest BCUT2D eigenvalue weighted by atomic mass is 10.1. The van der Waals surface area contributed by atoms with Gasteiger partial charge in [-0.3, -0.25) is 0 Å². The fourth-order valence-corrected chi connectivity index (χ4v) is 1.60. The van der Waals surface area contributed by atoms with E-state index in [2.05, 4.69) is 22.6 Å². The van der Waals surface area contributed by atoms with E-state index in [9.17, 15) is 4.39 Å². The molecular formula is C10H9FN2S. The summed E-state index contributed by atoms with van der Waals surface area (Å²) in [5.74, 6) is -0.243. The molecule has 2 nitrogen and oxygen atoms in total. The maximum atomic E-state index is 12.7. The number of nitrogens with one attached hydrogen (secondary N) is 1. The monoisotopic (exact) mass is 208 g/mol. The van der Waals surface area contributed by atoms with Gasteiger partial charge in [-0.15, -0.1) is 12.6 Å². The molecule has 14 heavy (non-hydrogen) atoms. The van der Waals surface area contributed by atoms with E-state index in [0.29, 0.717) is 5.16 Å². The molecule has 0 unspecified atom stereocenters. The Morgan fingerprint density at radius 3 is 2.43 bits per heavy atom. The summed E-state index contributed by atoms with van der Waals surface area (Å²) in [6.45, 7) is 1.91. The van der Waals surface area contributed by atoms with Crippen LogP contribution in [0.25, 0.3) is 11.3 Å². The van der Waals surface area contributed by atoms with Crippen LogP contribution in [0, 0.1) is 12.7 Å². The zero-order valence-electron chi connectivity index (χ0n) is 7.58. The first-order valence-electron chi connectivity index (χ1n) is 4.18. The van der Waals surface area contributed by atoms with Crippen LogP contribution in [0.5, 0.6) is 0 Å². The minimum atomic E-state index is -0.243. The van der Waals surface area contributed by atoms with Crippen LogP contribution in [0.2, 0.25) is 0 Å². The molecule has 0 atom stereocenters. The zero-order chi connectivity index (χ0) is 10.1. The van der Waals surface area contributed by atoms with Gasteiger partial charge < -0.3 is 4.98 Å². The Morgan fingerprint density at radius 1 is 1.29 bits per heavy atom. The van der Waals surface area contributed by atoms with Gasteiger partial charge in [0.15, 0.2) is 5.16 Å². The van der Waals surface area contributed by atoms with Crippen molar-refractivity contribution in [2.75, 3.05) is 0 Å². The van der Waals surface area contributed by atoms with E-state index in [4.69, 9.17) is 0 Å². The van der Waals surface area contributed by atoms with Crippen molar-refractivity contribution in [2.24, 2.45) is 0 Å². The molecule has 1 aromatic carbocycles. The third-order valence-electron chi connectivity index (χ3n) is 1.99. The van der Waals surface area contributed by atoms with Crippen molar-refractivity contribution in [3.8, 4) is 11.3 Å². The van der Waals surface area contributed by atoms with Gasteiger partial charge in [-0.05, 0) is 31.2 Å². The summed E-state index contributed by atoms with van der Waals surface area (Å²) >= 11 is 4.10. The second kappa shape index (κ2) is 3.46. The molecule has 0 saturated carbocycles. The van der Waals surface area contributed by atoms with Gasteiger partial charge in [0.25, 0.3) is 0 Å². The topological polar surface area (TPSA) is 28.7 Å². The summed E-state index contributed by atoms with van der Waals surface area (Å²) in [5, 5.41) is 0.571. The molecule has 0 amide bonds. The van der Waals surface area contributed by atoms with Crippen molar-refractivity contribution in [1.29, 1.82) is 0 Å². The van der Waals surface area contributed by atoms with Crippen LogP contribution in [0.15, 0.2) is 29.4 Å². The predicted octanol–water partition coefficient (Wildman–Crippen LogP) is 2.81. The van der Waals surface area contributed by atoms with Gasteiger partial charge in [-0.2, -0.15) is 0 Å². The molecule has 1 heterocycles. The van der Waals surface area contributed by atoms with Crippen LogP contribution in [0.3, 0.4) is 0 Å². The zero-order valence-corrected chi connectivity index (χ0v) is 8.48. The molecule has 1 N–H and O–H groups in total. The molecule has 0 aliphatic carbocycles. The fourth-order valence-electron chi connectivity index (χ4n) is 1.33. The Balaban J connectivity index is 2.49. The van der Waals surface area contributed by atoms with Crippen LogP contribution in [-0.4, -0.2) is 9.97 Å². The minimum absolute atomic E-state index is 0.243. The number of nitrogens with zero attached hydrogens (tertiary/aromatic N) is 1. The van der Waals surface area contributed by atoms with Crippen molar-refractivity contribution in [2.45, 2.75) is 12.1 Å². The van der Waals surface area contributed by atoms with Gasteiger partial charge in [0, 0.05) is 11.3 Å². The van der Waals surface area contributed by atoms with E-state index in [1.165, 1.54) is 12.1 Å². The van der Waals surface area contributed by atoms with E-state index in [1.54, 1.807) is 12.1 Å². The van der Waals surface area contributed by atoms with Crippen molar-refractivity contribution < 1.29 is 4.39 Å². The van der Waals surface area contributed by atoms with Crippen LogP contribution in [-0.2, 0) is 0 Å². The maximum absolute atomic E-state index is 12.7. The molecular weight excluding hydrogens is 199 g/mol. The van der Waals surface area contributed by atoms with Crippen molar-refractivity contribution in [3.63, 3.8) is 0 Å². The number of imidazole rings is 1. The quantitative estimate of drug-likeness (QED) is 0.693. The molecule has 0 aliphatic rings. The number of rotatable bonds is 1. The molecule has 0 saturated heterocycles. The number of hydrogen-bond donors (Lipinski definition) is 2. The fraction of sp³-hybridized carbons (Fsp3) is 0.100. The van der Waals surface area contributed by atoms with Gasteiger partial charge in [0.05, 0.1) is 5.69 Å². The SMILES string of the molecule is Cc1[nH]c(S)nc1-c1ccc(F)cc1. The van der Waals surface area contributed by atoms with E-state index >= 15 is 0 Å². The first-order valence-corrected chi connectivity index (χ1v) is 4.63. The molecule has 0 aliphatic heterocycles. The smallest absolute Gasteiger partial charge is 0.163 e. The van der Waals surface area contributed by atoms with Crippen LogP contribution in [0.4, 0.5) is 4.39 Å². The number of H-pyrrole nitrogens is 1. The van der Waals surface area contributed by atoms with Gasteiger partial charge in [0.1, 0.15) is 5.82 Å². The Bertz CT molecular complexity index is 448. The normalized spacial score (nSPS) is 10.5. The Kier molecular flexibility index (Phi) is 2.29. The number of halogens is 1. The number of aromatic amines is 1. The lowest BCUT2D eigenvalue weighted by Crippen LogP contribution is -1.81. The summed E-state index contributed by atoms with van der Waals surface area (Å²) in [5.41, 5.74) is 2.64. The first kappa shape index (κ1) is 9.27. The van der Waals surface area contributed by atoms with Crippen molar-refractivity contribution >= 4 is 12.6 Å². The molecule has 72 valence electrons. The van der Waals surface area contributed by atoms with E-state index in [-0.39, 0.29) is 5.82 Å². The lowest BCUT2D eigenvalue weighted by molar-refractivity contribution is 0.628. The van der Waals surface area contributed by atoms with Gasteiger partial charge in [0.2, 0.25) is 0 Å². The van der Waals surface area contributed by atoms with E-state index < -0.39 is 0 Å². The summed E-state index contributed by atoms with van der Waals surface area (Å²) in [6, 6.07) is 6.24. The van der Waals surface area contributed by atoms with E-state index in [0.717, 1.165) is 17.0 Å². The highest BCUT2D eigenvalue weighted by atomic mass is 32.1. The van der Waals surface area contributed by atoms with Crippen molar-refractivity contribution in [1.82, 2.24) is 9.97 Å². The van der Waals surface area contributed by atoms with Gasteiger partial charge in [-0.1, -0.05) is 0 Å². The number of hydrogen-bond acceptors (Lipinski definition) is 2. The number of benzene rings is 1.